The number of pyridine rings is 1. The van der Waals surface area contributed by atoms with Gasteiger partial charge < -0.3 is 0 Å². The Labute approximate surface area is 105 Å². The van der Waals surface area contributed by atoms with E-state index in [1.807, 2.05) is 31.2 Å². The van der Waals surface area contributed by atoms with Crippen LogP contribution in [0.1, 0.15) is 16.8 Å². The summed E-state index contributed by atoms with van der Waals surface area (Å²) in [5, 5.41) is 9.81. The molecule has 2 aromatic rings. The van der Waals surface area contributed by atoms with Gasteiger partial charge in [-0.1, -0.05) is 29.5 Å². The fourth-order valence-electron chi connectivity index (χ4n) is 1.49. The van der Waals surface area contributed by atoms with Crippen molar-refractivity contribution in [1.82, 2.24) is 4.98 Å². The summed E-state index contributed by atoms with van der Waals surface area (Å²) in [4.78, 5) is 5.52. The Morgan fingerprint density at radius 3 is 2.71 bits per heavy atom. The molecule has 0 saturated carbocycles. The van der Waals surface area contributed by atoms with Crippen molar-refractivity contribution in [2.75, 3.05) is 0 Å². The quantitative estimate of drug-likeness (QED) is 0.802. The Morgan fingerprint density at radius 1 is 1.18 bits per heavy atom. The van der Waals surface area contributed by atoms with Crippen LogP contribution in [-0.2, 0) is 0 Å². The number of nitriles is 1. The van der Waals surface area contributed by atoms with Gasteiger partial charge in [0.2, 0.25) is 0 Å². The number of nitrogens with zero attached hydrogens (tertiary/aromatic N) is 2. The van der Waals surface area contributed by atoms with Gasteiger partial charge in [0.25, 0.3) is 0 Å². The third-order valence-corrected chi connectivity index (χ3v) is 3.32. The highest BCUT2D eigenvalue weighted by Crippen LogP contribution is 2.29. The van der Waals surface area contributed by atoms with E-state index in [9.17, 15) is 0 Å². The minimum atomic E-state index is 0.627. The van der Waals surface area contributed by atoms with Crippen LogP contribution in [0.15, 0.2) is 46.3 Å². The number of hydrogen-bond acceptors (Lipinski definition) is 3. The third kappa shape index (κ3) is 2.86. The number of aromatic nitrogens is 1. The Hall–Kier alpha value is -1.79. The van der Waals surface area contributed by atoms with E-state index >= 15 is 0 Å². The molecule has 84 valence electrons. The maximum atomic E-state index is 9.04. The average molecular weight is 240 g/mol. The molecule has 0 aliphatic rings. The Morgan fingerprint density at radius 2 is 2.00 bits per heavy atom. The van der Waals surface area contributed by atoms with E-state index in [1.54, 1.807) is 0 Å². The lowest BCUT2D eigenvalue weighted by molar-refractivity contribution is 1.05. The zero-order valence-corrected chi connectivity index (χ0v) is 10.6. The Kier molecular flexibility index (Phi) is 3.46. The van der Waals surface area contributed by atoms with Crippen LogP contribution in [0.5, 0.6) is 0 Å². The van der Waals surface area contributed by atoms with Gasteiger partial charge >= 0.3 is 0 Å². The van der Waals surface area contributed by atoms with Crippen molar-refractivity contribution in [3.63, 3.8) is 0 Å². The smallest absolute Gasteiger partial charge is 0.119 e. The summed E-state index contributed by atoms with van der Waals surface area (Å²) in [6.07, 6.45) is 0. The number of aryl methyl sites for hydroxylation is 2. The van der Waals surface area contributed by atoms with E-state index < -0.39 is 0 Å². The maximum Gasteiger partial charge on any atom is 0.119 e. The van der Waals surface area contributed by atoms with Gasteiger partial charge in [-0.15, -0.1) is 0 Å². The van der Waals surface area contributed by atoms with Gasteiger partial charge in [-0.25, -0.2) is 4.98 Å². The summed E-state index contributed by atoms with van der Waals surface area (Å²) >= 11 is 1.53. The molecule has 0 N–H and O–H groups in total. The van der Waals surface area contributed by atoms with Crippen LogP contribution in [0.3, 0.4) is 0 Å². The zero-order chi connectivity index (χ0) is 12.3. The fourth-order valence-corrected chi connectivity index (χ4v) is 2.51. The van der Waals surface area contributed by atoms with Crippen LogP contribution < -0.4 is 0 Å². The molecule has 1 aromatic heterocycles. The molecule has 2 rings (SSSR count). The molecule has 3 heteroatoms. The maximum absolute atomic E-state index is 9.04. The second-order valence-corrected chi connectivity index (χ2v) is 4.90. The Balaban J connectivity index is 2.36. The monoisotopic (exact) mass is 240 g/mol. The van der Waals surface area contributed by atoms with Crippen molar-refractivity contribution in [1.29, 1.82) is 5.26 Å². The standard InChI is InChI=1S/C14H12N2S/c1-10-4-3-5-13(8-10)17-14-12(9-15)7-6-11(2)16-14/h3-8H,1-2H3. The number of hydrogen-bond donors (Lipinski definition) is 0. The van der Waals surface area contributed by atoms with Gasteiger partial charge in [0, 0.05) is 10.6 Å². The average Bonchev–Trinajstić information content (AvgIpc) is 2.29. The number of rotatable bonds is 2. The van der Waals surface area contributed by atoms with Gasteiger partial charge in [0.05, 0.1) is 5.56 Å². The molecule has 0 atom stereocenters. The summed E-state index contributed by atoms with van der Waals surface area (Å²) in [6, 6.07) is 14.0. The summed E-state index contributed by atoms with van der Waals surface area (Å²) in [5.74, 6) is 0. The van der Waals surface area contributed by atoms with Crippen molar-refractivity contribution in [3.05, 3.63) is 53.2 Å². The van der Waals surface area contributed by atoms with Crippen molar-refractivity contribution in [2.24, 2.45) is 0 Å². The van der Waals surface area contributed by atoms with E-state index in [0.29, 0.717) is 5.56 Å². The molecular formula is C14H12N2S. The first-order valence-electron chi connectivity index (χ1n) is 5.31. The second-order valence-electron chi connectivity index (χ2n) is 3.84. The highest BCUT2D eigenvalue weighted by atomic mass is 32.2. The van der Waals surface area contributed by atoms with E-state index in [2.05, 4.69) is 30.1 Å². The Bertz CT molecular complexity index is 585. The van der Waals surface area contributed by atoms with Gasteiger partial charge in [0.1, 0.15) is 11.1 Å². The van der Waals surface area contributed by atoms with Crippen LogP contribution in [0.2, 0.25) is 0 Å². The molecule has 0 radical (unpaired) electrons. The van der Waals surface area contributed by atoms with Crippen LogP contribution in [0.25, 0.3) is 0 Å². The summed E-state index contributed by atoms with van der Waals surface area (Å²) < 4.78 is 0. The normalized spacial score (nSPS) is 9.94. The molecule has 1 heterocycles. The molecule has 0 saturated heterocycles. The van der Waals surface area contributed by atoms with E-state index in [4.69, 9.17) is 5.26 Å². The predicted molar refractivity (Wildman–Crippen MR) is 69.0 cm³/mol. The zero-order valence-electron chi connectivity index (χ0n) is 9.77. The first-order valence-corrected chi connectivity index (χ1v) is 6.13. The van der Waals surface area contributed by atoms with Crippen LogP contribution in [-0.4, -0.2) is 4.98 Å². The van der Waals surface area contributed by atoms with E-state index in [-0.39, 0.29) is 0 Å². The van der Waals surface area contributed by atoms with Crippen LogP contribution in [0.4, 0.5) is 0 Å². The van der Waals surface area contributed by atoms with Gasteiger partial charge in [-0.05, 0) is 38.1 Å². The largest absolute Gasteiger partial charge is 0.245 e. The van der Waals surface area contributed by atoms with Gasteiger partial charge in [0.15, 0.2) is 0 Å². The lowest BCUT2D eigenvalue weighted by Crippen LogP contribution is -1.89. The molecule has 0 amide bonds. The molecule has 0 aliphatic heterocycles. The van der Waals surface area contributed by atoms with E-state index in [1.165, 1.54) is 17.3 Å². The lowest BCUT2D eigenvalue weighted by Gasteiger charge is -2.04. The highest BCUT2D eigenvalue weighted by Gasteiger charge is 2.06. The molecule has 1 aromatic carbocycles. The molecule has 0 bridgehead atoms. The molecule has 17 heavy (non-hydrogen) atoms. The molecule has 2 nitrogen and oxygen atoms in total. The minimum Gasteiger partial charge on any atom is -0.245 e. The van der Waals surface area contributed by atoms with Crippen molar-refractivity contribution in [3.8, 4) is 6.07 Å². The van der Waals surface area contributed by atoms with Crippen molar-refractivity contribution < 1.29 is 0 Å². The molecular weight excluding hydrogens is 228 g/mol. The second kappa shape index (κ2) is 5.03. The molecule has 0 spiro atoms. The summed E-state index contributed by atoms with van der Waals surface area (Å²) in [7, 11) is 0. The molecule has 0 aliphatic carbocycles. The van der Waals surface area contributed by atoms with Gasteiger partial charge in [-0.2, -0.15) is 5.26 Å². The predicted octanol–water partition coefficient (Wildman–Crippen LogP) is 3.72. The highest BCUT2D eigenvalue weighted by molar-refractivity contribution is 7.99. The van der Waals surface area contributed by atoms with Gasteiger partial charge in [-0.3, -0.25) is 0 Å². The lowest BCUT2D eigenvalue weighted by atomic mass is 10.2. The van der Waals surface area contributed by atoms with Crippen LogP contribution in [0, 0.1) is 25.2 Å². The third-order valence-electron chi connectivity index (χ3n) is 2.32. The van der Waals surface area contributed by atoms with Crippen molar-refractivity contribution in [2.45, 2.75) is 23.8 Å². The summed E-state index contributed by atoms with van der Waals surface area (Å²) in [6.45, 7) is 3.99. The first kappa shape index (κ1) is 11.7. The molecule has 0 unspecified atom stereocenters. The van der Waals surface area contributed by atoms with Crippen LogP contribution >= 0.6 is 11.8 Å². The van der Waals surface area contributed by atoms with E-state index in [0.717, 1.165) is 15.6 Å². The number of benzene rings is 1. The topological polar surface area (TPSA) is 36.7 Å². The van der Waals surface area contributed by atoms with Crippen molar-refractivity contribution >= 4 is 11.8 Å². The molecule has 0 fully saturated rings. The summed E-state index contributed by atoms with van der Waals surface area (Å²) in [5.41, 5.74) is 2.77. The minimum absolute atomic E-state index is 0.627. The first-order chi connectivity index (χ1) is 8.19. The SMILES string of the molecule is Cc1cccc(Sc2nc(C)ccc2C#N)c1. The fraction of sp³-hybridized carbons (Fsp3) is 0.143.